The number of hydrogen-bond acceptors (Lipinski definition) is 8. The molecule has 2 aliphatic rings. The van der Waals surface area contributed by atoms with Crippen LogP contribution in [0.1, 0.15) is 0 Å². The molecule has 0 amide bonds. The van der Waals surface area contributed by atoms with Gasteiger partial charge in [-0.25, -0.2) is 0 Å². The van der Waals surface area contributed by atoms with Gasteiger partial charge in [-0.2, -0.15) is 5.06 Å². The maximum Gasteiger partial charge on any atom is 0.133 e. The van der Waals surface area contributed by atoms with E-state index in [1.165, 1.54) is 5.06 Å². The van der Waals surface area contributed by atoms with Crippen LogP contribution in [-0.4, -0.2) is 93.4 Å². The number of piperidine rings is 2. The van der Waals surface area contributed by atoms with Crippen molar-refractivity contribution in [3.8, 4) is 0 Å². The minimum Gasteiger partial charge on any atom is -0.389 e. The van der Waals surface area contributed by atoms with Gasteiger partial charge in [0.25, 0.3) is 0 Å². The first-order valence-electron chi connectivity index (χ1n) is 6.02. The molecular formula is C10H20N2O6. The zero-order chi connectivity index (χ0) is 13.3. The number of aliphatic hydroxyl groups excluding tert-OH is 5. The van der Waals surface area contributed by atoms with Crippen molar-refractivity contribution in [1.82, 2.24) is 10.4 Å². The molecule has 0 bridgehead atoms. The highest BCUT2D eigenvalue weighted by atomic mass is 16.7. The Balaban J connectivity index is 1.92. The van der Waals surface area contributed by atoms with Gasteiger partial charge in [-0.1, -0.05) is 0 Å². The lowest BCUT2D eigenvalue weighted by atomic mass is 10.0. The van der Waals surface area contributed by atoms with Gasteiger partial charge in [-0.3, -0.25) is 4.84 Å². The summed E-state index contributed by atoms with van der Waals surface area (Å²) in [6.07, 6.45) is -5.98. The Morgan fingerprint density at radius 2 is 1.33 bits per heavy atom. The molecule has 2 aliphatic heterocycles. The van der Waals surface area contributed by atoms with E-state index in [9.17, 15) is 25.5 Å². The van der Waals surface area contributed by atoms with E-state index in [0.29, 0.717) is 13.1 Å². The van der Waals surface area contributed by atoms with Crippen molar-refractivity contribution in [3.05, 3.63) is 0 Å². The largest absolute Gasteiger partial charge is 0.389 e. The van der Waals surface area contributed by atoms with E-state index in [0.717, 1.165) is 0 Å². The van der Waals surface area contributed by atoms with Crippen LogP contribution in [0, 0.1) is 0 Å². The average Bonchev–Trinajstić information content (AvgIpc) is 2.31. The second kappa shape index (κ2) is 5.76. The average molecular weight is 264 g/mol. The van der Waals surface area contributed by atoms with Gasteiger partial charge in [0.05, 0.1) is 37.5 Å². The standard InChI is InChI=1S/C10H20N2O6/c13-5-1-11-2-6(14)10(5)18-12-3-7(15)9(17)8(16)4-12/h5-11,13-17H,1-4H2. The zero-order valence-corrected chi connectivity index (χ0v) is 9.88. The molecule has 2 saturated heterocycles. The summed E-state index contributed by atoms with van der Waals surface area (Å²) in [6.45, 7) is 0.649. The molecule has 2 fully saturated rings. The fourth-order valence-corrected chi connectivity index (χ4v) is 2.23. The Hall–Kier alpha value is -0.320. The maximum atomic E-state index is 9.71. The minimum absolute atomic E-state index is 0.0155. The molecule has 8 nitrogen and oxygen atoms in total. The molecule has 2 heterocycles. The number of hydrogen-bond donors (Lipinski definition) is 6. The lowest BCUT2D eigenvalue weighted by Gasteiger charge is -2.41. The van der Waals surface area contributed by atoms with E-state index < -0.39 is 36.6 Å². The first-order valence-corrected chi connectivity index (χ1v) is 6.02. The maximum absolute atomic E-state index is 9.71. The molecule has 0 saturated carbocycles. The summed E-state index contributed by atoms with van der Waals surface area (Å²) in [5.74, 6) is 0. The van der Waals surface area contributed by atoms with Crippen LogP contribution >= 0.6 is 0 Å². The normalized spacial score (nSPS) is 47.2. The molecule has 0 radical (unpaired) electrons. The number of hydroxylamine groups is 2. The summed E-state index contributed by atoms with van der Waals surface area (Å²) < 4.78 is 0. The van der Waals surface area contributed by atoms with E-state index >= 15 is 0 Å². The molecule has 0 aromatic heterocycles. The Bertz CT molecular complexity index is 259. The monoisotopic (exact) mass is 264 g/mol. The fraction of sp³-hybridized carbons (Fsp3) is 1.00. The van der Waals surface area contributed by atoms with Crippen LogP contribution in [-0.2, 0) is 4.84 Å². The van der Waals surface area contributed by atoms with E-state index in [1.54, 1.807) is 0 Å². The van der Waals surface area contributed by atoms with Crippen molar-refractivity contribution in [2.75, 3.05) is 26.2 Å². The van der Waals surface area contributed by atoms with Crippen molar-refractivity contribution in [3.63, 3.8) is 0 Å². The molecule has 4 atom stereocenters. The zero-order valence-electron chi connectivity index (χ0n) is 9.88. The quantitative estimate of drug-likeness (QED) is 0.298. The molecule has 0 aromatic rings. The highest BCUT2D eigenvalue weighted by molar-refractivity contribution is 4.87. The van der Waals surface area contributed by atoms with Crippen LogP contribution in [0.5, 0.6) is 0 Å². The molecule has 0 aromatic carbocycles. The molecule has 0 spiro atoms. The van der Waals surface area contributed by atoms with Crippen LogP contribution in [0.2, 0.25) is 0 Å². The summed E-state index contributed by atoms with van der Waals surface area (Å²) in [7, 11) is 0. The van der Waals surface area contributed by atoms with Crippen LogP contribution < -0.4 is 5.32 Å². The van der Waals surface area contributed by atoms with Gasteiger partial charge in [-0.15, -0.1) is 0 Å². The van der Waals surface area contributed by atoms with Crippen molar-refractivity contribution < 1.29 is 30.4 Å². The third kappa shape index (κ3) is 2.98. The predicted molar refractivity (Wildman–Crippen MR) is 59.3 cm³/mol. The number of aliphatic hydroxyl groups is 5. The Morgan fingerprint density at radius 3 is 1.83 bits per heavy atom. The fourth-order valence-electron chi connectivity index (χ4n) is 2.23. The third-order valence-electron chi connectivity index (χ3n) is 3.31. The molecule has 2 rings (SSSR count). The second-order valence-electron chi connectivity index (χ2n) is 4.84. The molecule has 8 heteroatoms. The molecule has 18 heavy (non-hydrogen) atoms. The van der Waals surface area contributed by atoms with Crippen LogP contribution in [0.3, 0.4) is 0 Å². The van der Waals surface area contributed by atoms with Gasteiger partial charge in [0.1, 0.15) is 12.2 Å². The summed E-state index contributed by atoms with van der Waals surface area (Å²) in [6, 6.07) is 0. The van der Waals surface area contributed by atoms with Gasteiger partial charge in [0, 0.05) is 13.1 Å². The highest BCUT2D eigenvalue weighted by Gasteiger charge is 2.38. The van der Waals surface area contributed by atoms with Crippen molar-refractivity contribution in [1.29, 1.82) is 0 Å². The lowest BCUT2D eigenvalue weighted by molar-refractivity contribution is -0.287. The van der Waals surface area contributed by atoms with Gasteiger partial charge in [0.15, 0.2) is 0 Å². The minimum atomic E-state index is -1.20. The van der Waals surface area contributed by atoms with E-state index in [2.05, 4.69) is 5.32 Å². The van der Waals surface area contributed by atoms with Crippen LogP contribution in [0.4, 0.5) is 0 Å². The predicted octanol–water partition coefficient (Wildman–Crippen LogP) is -3.99. The smallest absolute Gasteiger partial charge is 0.133 e. The van der Waals surface area contributed by atoms with Gasteiger partial charge < -0.3 is 30.8 Å². The van der Waals surface area contributed by atoms with Crippen LogP contribution in [0.25, 0.3) is 0 Å². The number of β-amino-alcohol motifs (C(OH)–C–C–N with tert-alkyl or cyclic N) is 4. The SMILES string of the molecule is OC1CN(OC2C(O)CNCC2O)CC(O)C1O. The summed E-state index contributed by atoms with van der Waals surface area (Å²) in [5.41, 5.74) is 0. The number of rotatable bonds is 2. The molecule has 4 unspecified atom stereocenters. The van der Waals surface area contributed by atoms with Gasteiger partial charge >= 0.3 is 0 Å². The second-order valence-corrected chi connectivity index (χ2v) is 4.84. The van der Waals surface area contributed by atoms with E-state index in [-0.39, 0.29) is 13.1 Å². The third-order valence-corrected chi connectivity index (χ3v) is 3.31. The Kier molecular flexibility index (Phi) is 4.51. The Labute approximate surface area is 104 Å². The topological polar surface area (TPSA) is 126 Å². The summed E-state index contributed by atoms with van der Waals surface area (Å²) in [4.78, 5) is 5.41. The first-order chi connectivity index (χ1) is 8.49. The molecule has 6 N–H and O–H groups in total. The first kappa shape index (κ1) is 14.1. The van der Waals surface area contributed by atoms with E-state index in [1.807, 2.05) is 0 Å². The molecule has 106 valence electrons. The summed E-state index contributed by atoms with van der Waals surface area (Å²) in [5, 5.41) is 51.9. The van der Waals surface area contributed by atoms with Crippen molar-refractivity contribution in [2.24, 2.45) is 0 Å². The number of nitrogens with zero attached hydrogens (tertiary/aromatic N) is 1. The van der Waals surface area contributed by atoms with Crippen molar-refractivity contribution in [2.45, 2.75) is 36.6 Å². The highest BCUT2D eigenvalue weighted by Crippen LogP contribution is 2.17. The number of nitrogens with one attached hydrogen (secondary N) is 1. The molecule has 0 aliphatic carbocycles. The van der Waals surface area contributed by atoms with Gasteiger partial charge in [-0.05, 0) is 0 Å². The van der Waals surface area contributed by atoms with Gasteiger partial charge in [0.2, 0.25) is 0 Å². The molecular weight excluding hydrogens is 244 g/mol. The van der Waals surface area contributed by atoms with E-state index in [4.69, 9.17) is 4.84 Å². The lowest BCUT2D eigenvalue weighted by Crippen LogP contribution is -2.60. The summed E-state index contributed by atoms with van der Waals surface area (Å²) >= 11 is 0. The van der Waals surface area contributed by atoms with Crippen molar-refractivity contribution >= 4 is 0 Å². The Morgan fingerprint density at radius 1 is 0.833 bits per heavy atom. The van der Waals surface area contributed by atoms with Crippen LogP contribution in [0.15, 0.2) is 0 Å².